The maximum atomic E-state index is 12.3. The van der Waals surface area contributed by atoms with Gasteiger partial charge >= 0.3 is 0 Å². The number of aryl methyl sites for hydroxylation is 2. The van der Waals surface area contributed by atoms with Crippen LogP contribution in [0.1, 0.15) is 24.4 Å². The lowest BCUT2D eigenvalue weighted by atomic mass is 10.2. The third kappa shape index (κ3) is 3.90. The summed E-state index contributed by atoms with van der Waals surface area (Å²) in [6.45, 7) is 6.07. The van der Waals surface area contributed by atoms with Crippen molar-refractivity contribution < 1.29 is 4.79 Å². The summed E-state index contributed by atoms with van der Waals surface area (Å²) in [5.74, 6) is 1.01. The van der Waals surface area contributed by atoms with E-state index in [1.807, 2.05) is 36.4 Å². The molecule has 1 amide bonds. The van der Waals surface area contributed by atoms with E-state index in [1.165, 1.54) is 30.3 Å². The van der Waals surface area contributed by atoms with E-state index in [0.29, 0.717) is 5.16 Å². The first-order valence-corrected chi connectivity index (χ1v) is 10.1. The van der Waals surface area contributed by atoms with Crippen LogP contribution in [0.2, 0.25) is 0 Å². The Labute approximate surface area is 162 Å². The first-order valence-electron chi connectivity index (χ1n) is 9.07. The number of carbonyl (C=O) groups excluding carboxylic acids is 1. The standard InChI is InChI=1S/C19H22N6OS/c1-13-11-17-22-23-19(25(17)14(2)20-13)27-12-18(26)21-15-5-7-16(8-6-15)24-9-3-4-10-24/h5-8,11H,3-4,9-10,12H2,1-2H3,(H,21,26). The molecule has 1 saturated heterocycles. The maximum Gasteiger partial charge on any atom is 0.234 e. The summed E-state index contributed by atoms with van der Waals surface area (Å²) >= 11 is 1.36. The molecule has 0 bridgehead atoms. The van der Waals surface area contributed by atoms with Gasteiger partial charge < -0.3 is 10.2 Å². The van der Waals surface area contributed by atoms with Gasteiger partial charge in [0.2, 0.25) is 5.91 Å². The van der Waals surface area contributed by atoms with E-state index >= 15 is 0 Å². The van der Waals surface area contributed by atoms with E-state index in [4.69, 9.17) is 0 Å². The van der Waals surface area contributed by atoms with Crippen LogP contribution in [0.5, 0.6) is 0 Å². The molecule has 0 radical (unpaired) electrons. The Bertz CT molecular complexity index is 962. The van der Waals surface area contributed by atoms with Gasteiger partial charge in [0.1, 0.15) is 5.82 Å². The SMILES string of the molecule is Cc1cc2nnc(SCC(=O)Nc3ccc(N4CCCC4)cc3)n2c(C)n1. The van der Waals surface area contributed by atoms with Gasteiger partial charge in [0.15, 0.2) is 10.8 Å². The van der Waals surface area contributed by atoms with E-state index in [9.17, 15) is 4.79 Å². The number of anilines is 2. The summed E-state index contributed by atoms with van der Waals surface area (Å²) in [5.41, 5.74) is 3.68. The van der Waals surface area contributed by atoms with E-state index in [1.54, 1.807) is 0 Å². The number of fused-ring (bicyclic) bond motifs is 1. The molecule has 3 aromatic rings. The van der Waals surface area contributed by atoms with Crippen LogP contribution in [0.25, 0.3) is 5.65 Å². The van der Waals surface area contributed by atoms with Crippen molar-refractivity contribution in [3.05, 3.63) is 41.9 Å². The third-order valence-electron chi connectivity index (χ3n) is 4.61. The van der Waals surface area contributed by atoms with Crippen molar-refractivity contribution in [2.24, 2.45) is 0 Å². The molecule has 0 atom stereocenters. The number of thioether (sulfide) groups is 1. The molecule has 4 rings (SSSR count). The molecule has 0 saturated carbocycles. The van der Waals surface area contributed by atoms with Crippen molar-refractivity contribution in [2.75, 3.05) is 29.1 Å². The fourth-order valence-electron chi connectivity index (χ4n) is 3.35. The second kappa shape index (κ2) is 7.56. The molecule has 140 valence electrons. The van der Waals surface area contributed by atoms with Gasteiger partial charge in [-0.05, 0) is 51.0 Å². The minimum Gasteiger partial charge on any atom is -0.372 e. The van der Waals surface area contributed by atoms with Crippen molar-refractivity contribution in [3.63, 3.8) is 0 Å². The minimum absolute atomic E-state index is 0.0663. The summed E-state index contributed by atoms with van der Waals surface area (Å²) in [6, 6.07) is 9.93. The number of carbonyl (C=O) groups is 1. The second-order valence-electron chi connectivity index (χ2n) is 6.70. The lowest BCUT2D eigenvalue weighted by Crippen LogP contribution is -2.18. The maximum absolute atomic E-state index is 12.3. The van der Waals surface area contributed by atoms with E-state index < -0.39 is 0 Å². The first-order chi connectivity index (χ1) is 13.1. The Morgan fingerprint density at radius 2 is 1.89 bits per heavy atom. The predicted molar refractivity (Wildman–Crippen MR) is 107 cm³/mol. The molecule has 1 aromatic carbocycles. The normalized spacial score (nSPS) is 14.1. The summed E-state index contributed by atoms with van der Waals surface area (Å²) in [7, 11) is 0. The summed E-state index contributed by atoms with van der Waals surface area (Å²) in [5, 5.41) is 12.0. The lowest BCUT2D eigenvalue weighted by molar-refractivity contribution is -0.113. The second-order valence-corrected chi connectivity index (χ2v) is 7.64. The van der Waals surface area contributed by atoms with Crippen molar-refractivity contribution in [2.45, 2.75) is 31.8 Å². The molecule has 7 nitrogen and oxygen atoms in total. The quantitative estimate of drug-likeness (QED) is 0.684. The van der Waals surface area contributed by atoms with Crippen LogP contribution in [0, 0.1) is 13.8 Å². The number of nitrogens with one attached hydrogen (secondary N) is 1. The monoisotopic (exact) mass is 382 g/mol. The van der Waals surface area contributed by atoms with E-state index in [0.717, 1.165) is 35.9 Å². The Balaban J connectivity index is 1.37. The topological polar surface area (TPSA) is 75.4 Å². The zero-order valence-corrected chi connectivity index (χ0v) is 16.3. The smallest absolute Gasteiger partial charge is 0.234 e. The highest BCUT2D eigenvalue weighted by Gasteiger charge is 2.14. The fraction of sp³-hybridized carbons (Fsp3) is 0.368. The van der Waals surface area contributed by atoms with Crippen molar-refractivity contribution in [3.8, 4) is 0 Å². The van der Waals surface area contributed by atoms with Gasteiger partial charge in [0.05, 0.1) is 5.75 Å². The Morgan fingerprint density at radius 1 is 1.15 bits per heavy atom. The molecule has 0 spiro atoms. The van der Waals surface area contributed by atoms with Crippen molar-refractivity contribution >= 4 is 34.7 Å². The highest BCUT2D eigenvalue weighted by Crippen LogP contribution is 2.23. The van der Waals surface area contributed by atoms with Crippen LogP contribution in [0.3, 0.4) is 0 Å². The Hall–Kier alpha value is -2.61. The van der Waals surface area contributed by atoms with Gasteiger partial charge in [-0.15, -0.1) is 10.2 Å². The summed E-state index contributed by atoms with van der Waals surface area (Å²) < 4.78 is 1.87. The van der Waals surface area contributed by atoms with Crippen molar-refractivity contribution in [1.82, 2.24) is 19.6 Å². The molecule has 1 fully saturated rings. The first kappa shape index (κ1) is 17.8. The van der Waals surface area contributed by atoms with Crippen LogP contribution in [0.4, 0.5) is 11.4 Å². The molecule has 0 unspecified atom stereocenters. The predicted octanol–water partition coefficient (Wildman–Crippen LogP) is 3.07. The molecular formula is C19H22N6OS. The van der Waals surface area contributed by atoms with Crippen molar-refractivity contribution in [1.29, 1.82) is 0 Å². The van der Waals surface area contributed by atoms with Crippen LogP contribution in [0.15, 0.2) is 35.5 Å². The number of nitrogens with zero attached hydrogens (tertiary/aromatic N) is 5. The number of aromatic nitrogens is 4. The van der Waals surface area contributed by atoms with Gasteiger partial charge in [-0.3, -0.25) is 9.20 Å². The van der Waals surface area contributed by atoms with Gasteiger partial charge in [-0.2, -0.15) is 0 Å². The van der Waals surface area contributed by atoms with Crippen LogP contribution in [-0.4, -0.2) is 44.3 Å². The highest BCUT2D eigenvalue weighted by molar-refractivity contribution is 7.99. The van der Waals surface area contributed by atoms with Crippen LogP contribution >= 0.6 is 11.8 Å². The number of hydrogen-bond acceptors (Lipinski definition) is 6. The Morgan fingerprint density at radius 3 is 2.63 bits per heavy atom. The zero-order valence-electron chi connectivity index (χ0n) is 15.5. The van der Waals surface area contributed by atoms with Gasteiger partial charge in [0.25, 0.3) is 0 Å². The highest BCUT2D eigenvalue weighted by atomic mass is 32.2. The zero-order chi connectivity index (χ0) is 18.8. The average molecular weight is 382 g/mol. The number of benzene rings is 1. The largest absolute Gasteiger partial charge is 0.372 e. The molecule has 0 aliphatic carbocycles. The summed E-state index contributed by atoms with van der Waals surface area (Å²) in [4.78, 5) is 19.1. The molecule has 2 aromatic heterocycles. The molecule has 27 heavy (non-hydrogen) atoms. The van der Waals surface area contributed by atoms with Gasteiger partial charge in [-0.25, -0.2) is 4.98 Å². The van der Waals surface area contributed by atoms with E-state index in [2.05, 4.69) is 37.5 Å². The average Bonchev–Trinajstić information content (AvgIpc) is 3.30. The minimum atomic E-state index is -0.0663. The number of amides is 1. The number of rotatable bonds is 5. The molecule has 3 heterocycles. The fourth-order valence-corrected chi connectivity index (χ4v) is 4.14. The lowest BCUT2D eigenvalue weighted by Gasteiger charge is -2.17. The van der Waals surface area contributed by atoms with Gasteiger partial charge in [0, 0.05) is 36.2 Å². The molecular weight excluding hydrogens is 360 g/mol. The van der Waals surface area contributed by atoms with Crippen LogP contribution < -0.4 is 10.2 Å². The third-order valence-corrected chi connectivity index (χ3v) is 5.54. The summed E-state index contributed by atoms with van der Waals surface area (Å²) in [6.07, 6.45) is 2.50. The Kier molecular flexibility index (Phi) is 4.98. The number of hydrogen-bond donors (Lipinski definition) is 1. The molecule has 1 aliphatic heterocycles. The molecule has 1 N–H and O–H groups in total. The van der Waals surface area contributed by atoms with Crippen LogP contribution in [-0.2, 0) is 4.79 Å². The van der Waals surface area contributed by atoms with Gasteiger partial charge in [-0.1, -0.05) is 11.8 Å². The molecule has 8 heteroatoms. The van der Waals surface area contributed by atoms with E-state index in [-0.39, 0.29) is 11.7 Å². The molecule has 1 aliphatic rings.